The zero-order valence-corrected chi connectivity index (χ0v) is 19.8. The third-order valence-electron chi connectivity index (χ3n) is 3.89. The molecule has 0 spiro atoms. The van der Waals surface area contributed by atoms with Gasteiger partial charge in [-0.2, -0.15) is 5.10 Å². The van der Waals surface area contributed by atoms with E-state index in [2.05, 4.69) is 50.5 Å². The summed E-state index contributed by atoms with van der Waals surface area (Å²) in [5, 5.41) is 4.73. The van der Waals surface area contributed by atoms with E-state index in [1.165, 1.54) is 35.3 Å². The van der Waals surface area contributed by atoms with E-state index in [0.717, 1.165) is 29.0 Å². The van der Waals surface area contributed by atoms with Gasteiger partial charge < -0.3 is 4.42 Å². The molecule has 0 fully saturated rings. The number of fused-ring (bicyclic) bond motifs is 1. The first kappa shape index (κ1) is 21.2. The molecule has 4 rings (SSSR count). The predicted molar refractivity (Wildman–Crippen MR) is 128 cm³/mol. The molecule has 1 N–H and O–H groups in total. The first-order valence-corrected chi connectivity index (χ1v) is 12.3. The molecule has 0 aliphatic carbocycles. The second-order valence-corrected chi connectivity index (χ2v) is 10.4. The van der Waals surface area contributed by atoms with Gasteiger partial charge in [-0.25, -0.2) is 10.4 Å². The zero-order chi connectivity index (χ0) is 20.9. The van der Waals surface area contributed by atoms with Crippen LogP contribution in [-0.4, -0.2) is 22.9 Å². The van der Waals surface area contributed by atoms with Crippen LogP contribution in [0, 0.1) is 6.92 Å². The number of rotatable bonds is 7. The smallest absolute Gasteiger partial charge is 0.250 e. The average Bonchev–Trinajstić information content (AvgIpc) is 3.31. The summed E-state index contributed by atoms with van der Waals surface area (Å²) in [6.45, 7) is 2.05. The maximum Gasteiger partial charge on any atom is 0.250 e. The number of carbonyl (C=O) groups is 1. The van der Waals surface area contributed by atoms with Gasteiger partial charge in [-0.3, -0.25) is 4.79 Å². The molecular formula is C21H16BrN3O2S3. The number of thioether (sulfide) groups is 1. The Balaban J connectivity index is 1.29. The van der Waals surface area contributed by atoms with Crippen LogP contribution in [0.4, 0.5) is 0 Å². The van der Waals surface area contributed by atoms with Crippen LogP contribution in [0.15, 0.2) is 82.9 Å². The molecule has 0 saturated carbocycles. The summed E-state index contributed by atoms with van der Waals surface area (Å²) in [6.07, 6.45) is 1.49. The SMILES string of the molecule is Cc1ccc(Sc2oc(/C=N/NC(=O)CSc3nc4ccccc4s3)cc2Br)cc1. The Morgan fingerprint density at radius 1 is 1.27 bits per heavy atom. The molecule has 2 heterocycles. The van der Waals surface area contributed by atoms with Crippen molar-refractivity contribution in [1.82, 2.24) is 10.4 Å². The van der Waals surface area contributed by atoms with Gasteiger partial charge in [0.1, 0.15) is 5.76 Å². The Morgan fingerprint density at radius 2 is 2.07 bits per heavy atom. The van der Waals surface area contributed by atoms with Crippen molar-refractivity contribution in [2.75, 3.05) is 5.75 Å². The Morgan fingerprint density at radius 3 is 2.87 bits per heavy atom. The van der Waals surface area contributed by atoms with Crippen molar-refractivity contribution < 1.29 is 9.21 Å². The van der Waals surface area contributed by atoms with Gasteiger partial charge in [0.2, 0.25) is 0 Å². The van der Waals surface area contributed by atoms with Gasteiger partial charge in [-0.15, -0.1) is 11.3 Å². The number of aryl methyl sites for hydroxylation is 1. The minimum absolute atomic E-state index is 0.199. The molecule has 0 aliphatic heterocycles. The van der Waals surface area contributed by atoms with E-state index in [0.29, 0.717) is 5.76 Å². The number of furan rings is 1. The van der Waals surface area contributed by atoms with Gasteiger partial charge in [0.25, 0.3) is 5.91 Å². The van der Waals surface area contributed by atoms with Crippen molar-refractivity contribution in [3.63, 3.8) is 0 Å². The van der Waals surface area contributed by atoms with Gasteiger partial charge in [-0.1, -0.05) is 53.4 Å². The molecule has 0 bridgehead atoms. The number of carbonyl (C=O) groups excluding carboxylic acids is 1. The van der Waals surface area contributed by atoms with Crippen LogP contribution in [0.1, 0.15) is 11.3 Å². The lowest BCUT2D eigenvalue weighted by Gasteiger charge is -1.99. The zero-order valence-electron chi connectivity index (χ0n) is 15.8. The van der Waals surface area contributed by atoms with Crippen LogP contribution in [-0.2, 0) is 4.79 Å². The monoisotopic (exact) mass is 517 g/mol. The Bertz CT molecular complexity index is 1170. The number of hydrogen-bond donors (Lipinski definition) is 1. The van der Waals surface area contributed by atoms with E-state index in [9.17, 15) is 4.79 Å². The largest absolute Gasteiger partial charge is 0.447 e. The Kier molecular flexibility index (Phi) is 6.93. The standard InChI is InChI=1S/C21H16BrN3O2S3/c1-13-6-8-15(9-7-13)29-20-16(22)10-14(27-20)11-23-25-19(26)12-28-21-24-17-4-2-3-5-18(17)30-21/h2-11H,12H2,1H3,(H,25,26)/b23-11+. The van der Waals surface area contributed by atoms with Crippen molar-refractivity contribution in [1.29, 1.82) is 0 Å². The summed E-state index contributed by atoms with van der Waals surface area (Å²) in [4.78, 5) is 17.6. The molecule has 0 unspecified atom stereocenters. The lowest BCUT2D eigenvalue weighted by Crippen LogP contribution is -2.19. The van der Waals surface area contributed by atoms with Gasteiger partial charge in [0.15, 0.2) is 9.43 Å². The van der Waals surface area contributed by atoms with Gasteiger partial charge >= 0.3 is 0 Å². The Labute approximate surface area is 194 Å². The molecule has 9 heteroatoms. The highest BCUT2D eigenvalue weighted by Crippen LogP contribution is 2.35. The summed E-state index contributed by atoms with van der Waals surface area (Å²) in [5.74, 6) is 0.596. The predicted octanol–water partition coefficient (Wildman–Crippen LogP) is 6.35. The van der Waals surface area contributed by atoms with Crippen LogP contribution in [0.25, 0.3) is 10.2 Å². The number of para-hydroxylation sites is 1. The topological polar surface area (TPSA) is 67.5 Å². The summed E-state index contributed by atoms with van der Waals surface area (Å²) in [7, 11) is 0. The van der Waals surface area contributed by atoms with E-state index < -0.39 is 0 Å². The molecule has 0 saturated heterocycles. The number of amides is 1. The second kappa shape index (κ2) is 9.82. The highest BCUT2D eigenvalue weighted by molar-refractivity contribution is 9.10. The molecule has 0 atom stereocenters. The third-order valence-corrected chi connectivity index (χ3v) is 7.92. The summed E-state index contributed by atoms with van der Waals surface area (Å²) >= 11 is 7.99. The number of hydrogen-bond acceptors (Lipinski definition) is 7. The van der Waals surface area contributed by atoms with E-state index >= 15 is 0 Å². The molecular weight excluding hydrogens is 502 g/mol. The van der Waals surface area contributed by atoms with Crippen molar-refractivity contribution >= 4 is 73.1 Å². The number of aromatic nitrogens is 1. The van der Waals surface area contributed by atoms with Crippen molar-refractivity contribution in [3.05, 3.63) is 70.4 Å². The normalized spacial score (nSPS) is 11.4. The number of hydrazone groups is 1. The van der Waals surface area contributed by atoms with Crippen LogP contribution in [0.2, 0.25) is 0 Å². The summed E-state index contributed by atoms with van der Waals surface area (Å²) in [6, 6.07) is 18.0. The fourth-order valence-corrected chi connectivity index (χ4v) is 5.65. The van der Waals surface area contributed by atoms with Gasteiger partial charge in [0, 0.05) is 11.0 Å². The van der Waals surface area contributed by atoms with Crippen molar-refractivity contribution in [2.24, 2.45) is 5.10 Å². The van der Waals surface area contributed by atoms with E-state index in [-0.39, 0.29) is 11.7 Å². The number of thiazole rings is 1. The number of benzene rings is 2. The first-order valence-electron chi connectivity index (χ1n) is 8.91. The molecule has 0 radical (unpaired) electrons. The molecule has 4 aromatic rings. The lowest BCUT2D eigenvalue weighted by atomic mass is 10.2. The summed E-state index contributed by atoms with van der Waals surface area (Å²) in [5.41, 5.74) is 4.69. The average molecular weight is 518 g/mol. The second-order valence-electron chi connectivity index (χ2n) is 6.23. The molecule has 152 valence electrons. The number of nitrogens with one attached hydrogen (secondary N) is 1. The molecule has 2 aromatic carbocycles. The summed E-state index contributed by atoms with van der Waals surface area (Å²) < 4.78 is 8.61. The van der Waals surface area contributed by atoms with E-state index in [1.807, 2.05) is 42.5 Å². The molecule has 2 aromatic heterocycles. The third kappa shape index (κ3) is 5.54. The van der Waals surface area contributed by atoms with Crippen LogP contribution < -0.4 is 5.43 Å². The lowest BCUT2D eigenvalue weighted by molar-refractivity contribution is -0.118. The number of halogens is 1. The minimum Gasteiger partial charge on any atom is -0.447 e. The van der Waals surface area contributed by atoms with Gasteiger partial charge in [0.05, 0.1) is 26.7 Å². The van der Waals surface area contributed by atoms with Gasteiger partial charge in [-0.05, 0) is 47.1 Å². The fourth-order valence-electron chi connectivity index (χ4n) is 2.46. The van der Waals surface area contributed by atoms with E-state index in [1.54, 1.807) is 11.3 Å². The molecule has 5 nitrogen and oxygen atoms in total. The molecule has 30 heavy (non-hydrogen) atoms. The molecule has 0 aliphatic rings. The quantitative estimate of drug-likeness (QED) is 0.175. The minimum atomic E-state index is -0.199. The molecule has 1 amide bonds. The number of nitrogens with zero attached hydrogens (tertiary/aromatic N) is 2. The maximum atomic E-state index is 12.0. The van der Waals surface area contributed by atoms with Crippen LogP contribution in [0.5, 0.6) is 0 Å². The fraction of sp³-hybridized carbons (Fsp3) is 0.0952. The Hall–Kier alpha value is -2.07. The maximum absolute atomic E-state index is 12.0. The van der Waals surface area contributed by atoms with Crippen LogP contribution in [0.3, 0.4) is 0 Å². The highest BCUT2D eigenvalue weighted by atomic mass is 79.9. The van der Waals surface area contributed by atoms with E-state index in [4.69, 9.17) is 4.42 Å². The first-order chi connectivity index (χ1) is 14.6. The van der Waals surface area contributed by atoms with Crippen molar-refractivity contribution in [3.8, 4) is 0 Å². The van der Waals surface area contributed by atoms with Crippen molar-refractivity contribution in [2.45, 2.75) is 21.3 Å². The highest BCUT2D eigenvalue weighted by Gasteiger charge is 2.10. The van der Waals surface area contributed by atoms with Crippen LogP contribution >= 0.6 is 50.8 Å².